The van der Waals surface area contributed by atoms with Crippen molar-refractivity contribution in [2.24, 2.45) is 11.8 Å². The summed E-state index contributed by atoms with van der Waals surface area (Å²) < 4.78 is 5.63. The summed E-state index contributed by atoms with van der Waals surface area (Å²) in [4.78, 5) is 22.9. The summed E-state index contributed by atoms with van der Waals surface area (Å²) in [5, 5.41) is 11.6. The topological polar surface area (TPSA) is 75.6 Å². The molecule has 18 heavy (non-hydrogen) atoms. The van der Waals surface area contributed by atoms with Gasteiger partial charge in [0.1, 0.15) is 0 Å². The third-order valence-electron chi connectivity index (χ3n) is 3.80. The Bertz CT molecular complexity index is 318. The maximum absolute atomic E-state index is 12.2. The summed E-state index contributed by atoms with van der Waals surface area (Å²) in [6.45, 7) is 7.72. The molecule has 0 radical (unpaired) electrons. The normalized spacial score (nSPS) is 33.1. The number of hydrogen-bond donors (Lipinski definition) is 2. The van der Waals surface area contributed by atoms with Gasteiger partial charge >= 0.3 is 5.97 Å². The zero-order chi connectivity index (χ0) is 13.9. The summed E-state index contributed by atoms with van der Waals surface area (Å²) in [6.07, 6.45) is 0.533. The van der Waals surface area contributed by atoms with Crippen LogP contribution in [0.2, 0.25) is 0 Å². The van der Waals surface area contributed by atoms with Crippen molar-refractivity contribution in [2.75, 3.05) is 0 Å². The summed E-state index contributed by atoms with van der Waals surface area (Å²) in [5.74, 6) is -1.02. The fourth-order valence-corrected chi connectivity index (χ4v) is 2.52. The van der Waals surface area contributed by atoms with E-state index in [9.17, 15) is 9.59 Å². The molecule has 5 heteroatoms. The molecule has 104 valence electrons. The van der Waals surface area contributed by atoms with Crippen molar-refractivity contribution in [3.05, 3.63) is 0 Å². The summed E-state index contributed by atoms with van der Waals surface area (Å²) in [5.41, 5.74) is 0. The molecule has 0 aromatic carbocycles. The van der Waals surface area contributed by atoms with Crippen molar-refractivity contribution in [3.8, 4) is 0 Å². The zero-order valence-corrected chi connectivity index (χ0v) is 11.5. The van der Waals surface area contributed by atoms with Crippen LogP contribution in [0, 0.1) is 11.8 Å². The van der Waals surface area contributed by atoms with Gasteiger partial charge in [-0.05, 0) is 26.2 Å². The second-order valence-corrected chi connectivity index (χ2v) is 5.14. The molecule has 1 aliphatic heterocycles. The van der Waals surface area contributed by atoms with Crippen LogP contribution >= 0.6 is 0 Å². The van der Waals surface area contributed by atoms with E-state index in [0.29, 0.717) is 6.42 Å². The number of nitrogens with one attached hydrogen (secondary N) is 1. The maximum Gasteiger partial charge on any atom is 0.305 e. The first kappa shape index (κ1) is 15.0. The summed E-state index contributed by atoms with van der Waals surface area (Å²) in [7, 11) is 0. The van der Waals surface area contributed by atoms with Crippen LogP contribution < -0.4 is 5.32 Å². The maximum atomic E-state index is 12.2. The largest absolute Gasteiger partial charge is 0.481 e. The lowest BCUT2D eigenvalue weighted by molar-refractivity contribution is -0.138. The predicted molar refractivity (Wildman–Crippen MR) is 67.1 cm³/mol. The van der Waals surface area contributed by atoms with Crippen LogP contribution in [-0.4, -0.2) is 35.2 Å². The van der Waals surface area contributed by atoms with Crippen molar-refractivity contribution in [3.63, 3.8) is 0 Å². The average Bonchev–Trinajstić information content (AvgIpc) is 2.51. The van der Waals surface area contributed by atoms with Crippen LogP contribution in [0.5, 0.6) is 0 Å². The van der Waals surface area contributed by atoms with Crippen molar-refractivity contribution >= 4 is 11.9 Å². The van der Waals surface area contributed by atoms with E-state index in [0.717, 1.165) is 0 Å². The lowest BCUT2D eigenvalue weighted by atomic mass is 9.88. The number of hydrogen-bond acceptors (Lipinski definition) is 3. The molecular formula is C13H23NO4. The van der Waals surface area contributed by atoms with Gasteiger partial charge in [-0.2, -0.15) is 0 Å². The standard InChI is InChI=1S/C13H23NO4/c1-5-10(6-11(15)16)14-13(17)12-7(2)8(3)18-9(12)4/h7-10,12H,5-6H2,1-4H3,(H,14,17)(H,15,16). The number of carboxylic acids is 1. The number of carboxylic acid groups (broad SMARTS) is 1. The monoisotopic (exact) mass is 257 g/mol. The minimum absolute atomic E-state index is 0.0336. The van der Waals surface area contributed by atoms with E-state index in [1.165, 1.54) is 0 Å². The van der Waals surface area contributed by atoms with E-state index in [1.54, 1.807) is 0 Å². The van der Waals surface area contributed by atoms with Gasteiger partial charge in [-0.3, -0.25) is 9.59 Å². The molecule has 1 fully saturated rings. The van der Waals surface area contributed by atoms with Gasteiger partial charge in [-0.15, -0.1) is 0 Å². The highest BCUT2D eigenvalue weighted by Gasteiger charge is 2.41. The average molecular weight is 257 g/mol. The smallest absolute Gasteiger partial charge is 0.305 e. The Balaban J connectivity index is 2.61. The highest BCUT2D eigenvalue weighted by Crippen LogP contribution is 2.32. The van der Waals surface area contributed by atoms with Crippen LogP contribution in [0.1, 0.15) is 40.5 Å². The second kappa shape index (κ2) is 6.18. The third kappa shape index (κ3) is 3.45. The van der Waals surface area contributed by atoms with Gasteiger partial charge in [-0.1, -0.05) is 13.8 Å². The van der Waals surface area contributed by atoms with E-state index in [1.807, 2.05) is 27.7 Å². The zero-order valence-electron chi connectivity index (χ0n) is 11.5. The third-order valence-corrected chi connectivity index (χ3v) is 3.80. The molecule has 1 saturated heterocycles. The van der Waals surface area contributed by atoms with Crippen LogP contribution in [-0.2, 0) is 14.3 Å². The van der Waals surface area contributed by atoms with Crippen molar-refractivity contribution in [1.82, 2.24) is 5.32 Å². The van der Waals surface area contributed by atoms with E-state index in [-0.39, 0.29) is 42.4 Å². The summed E-state index contributed by atoms with van der Waals surface area (Å²) in [6, 6.07) is -0.301. The molecule has 1 rings (SSSR count). The summed E-state index contributed by atoms with van der Waals surface area (Å²) >= 11 is 0. The first-order valence-corrected chi connectivity index (χ1v) is 6.54. The van der Waals surface area contributed by atoms with Gasteiger partial charge in [0.15, 0.2) is 0 Å². The molecule has 1 aliphatic rings. The van der Waals surface area contributed by atoms with E-state index < -0.39 is 5.97 Å². The van der Waals surface area contributed by atoms with Crippen LogP contribution in [0.25, 0.3) is 0 Å². The molecule has 5 unspecified atom stereocenters. The Morgan fingerprint density at radius 1 is 1.28 bits per heavy atom. The van der Waals surface area contributed by atoms with E-state index in [4.69, 9.17) is 9.84 Å². The second-order valence-electron chi connectivity index (χ2n) is 5.14. The molecule has 0 spiro atoms. The number of aliphatic carboxylic acids is 1. The van der Waals surface area contributed by atoms with Gasteiger partial charge in [0.25, 0.3) is 0 Å². The Morgan fingerprint density at radius 2 is 1.89 bits per heavy atom. The first-order chi connectivity index (χ1) is 8.36. The number of carbonyl (C=O) groups is 2. The van der Waals surface area contributed by atoms with Gasteiger partial charge in [0.05, 0.1) is 24.5 Å². The number of rotatable bonds is 5. The molecule has 1 amide bonds. The quantitative estimate of drug-likeness (QED) is 0.781. The van der Waals surface area contributed by atoms with Crippen LogP contribution in [0.15, 0.2) is 0 Å². The minimum atomic E-state index is -0.890. The van der Waals surface area contributed by atoms with Crippen LogP contribution in [0.4, 0.5) is 0 Å². The Kier molecular flexibility index (Phi) is 5.14. The van der Waals surface area contributed by atoms with Gasteiger partial charge in [-0.25, -0.2) is 0 Å². The molecule has 2 N–H and O–H groups in total. The van der Waals surface area contributed by atoms with Crippen molar-refractivity contribution in [2.45, 2.75) is 58.8 Å². The molecule has 0 bridgehead atoms. The Hall–Kier alpha value is -1.10. The van der Waals surface area contributed by atoms with E-state index in [2.05, 4.69) is 5.32 Å². The Labute approximate surface area is 108 Å². The van der Waals surface area contributed by atoms with Gasteiger partial charge < -0.3 is 15.2 Å². The number of carbonyl (C=O) groups excluding carboxylic acids is 1. The number of ether oxygens (including phenoxy) is 1. The first-order valence-electron chi connectivity index (χ1n) is 6.54. The molecule has 0 aromatic rings. The Morgan fingerprint density at radius 3 is 2.28 bits per heavy atom. The number of amides is 1. The molecule has 0 aromatic heterocycles. The van der Waals surface area contributed by atoms with E-state index >= 15 is 0 Å². The van der Waals surface area contributed by atoms with Crippen molar-refractivity contribution in [1.29, 1.82) is 0 Å². The molecule has 0 aliphatic carbocycles. The molecule has 0 saturated carbocycles. The molecule has 5 atom stereocenters. The predicted octanol–water partition coefficient (Wildman–Crippen LogP) is 1.42. The van der Waals surface area contributed by atoms with Crippen LogP contribution in [0.3, 0.4) is 0 Å². The fraction of sp³-hybridized carbons (Fsp3) is 0.846. The van der Waals surface area contributed by atoms with Gasteiger partial charge in [0.2, 0.25) is 5.91 Å². The molecule has 1 heterocycles. The SMILES string of the molecule is CCC(CC(=O)O)NC(=O)C1C(C)OC(C)C1C. The lowest BCUT2D eigenvalue weighted by Crippen LogP contribution is -2.43. The minimum Gasteiger partial charge on any atom is -0.481 e. The lowest BCUT2D eigenvalue weighted by Gasteiger charge is -2.22. The van der Waals surface area contributed by atoms with Gasteiger partial charge in [0, 0.05) is 6.04 Å². The molecular weight excluding hydrogens is 234 g/mol. The highest BCUT2D eigenvalue weighted by atomic mass is 16.5. The highest BCUT2D eigenvalue weighted by molar-refractivity contribution is 5.81. The van der Waals surface area contributed by atoms with Crippen molar-refractivity contribution < 1.29 is 19.4 Å². The molecule has 5 nitrogen and oxygen atoms in total. The fourth-order valence-electron chi connectivity index (χ4n) is 2.52.